The van der Waals surface area contributed by atoms with Gasteiger partial charge in [-0.05, 0) is 20.3 Å². The number of rotatable bonds is 2. The minimum atomic E-state index is 0.119. The van der Waals surface area contributed by atoms with Crippen molar-refractivity contribution in [3.05, 3.63) is 59.2 Å². The number of hydrogen-bond donors (Lipinski definition) is 0. The van der Waals surface area contributed by atoms with Crippen molar-refractivity contribution >= 4 is 28.4 Å². The van der Waals surface area contributed by atoms with Gasteiger partial charge in [-0.25, -0.2) is 0 Å². The highest BCUT2D eigenvalue weighted by Crippen LogP contribution is 2.30. The highest BCUT2D eigenvalue weighted by atomic mass is 127. The Morgan fingerprint density at radius 1 is 1.29 bits per heavy atom. The van der Waals surface area contributed by atoms with Gasteiger partial charge in [0.25, 0.3) is 0 Å². The van der Waals surface area contributed by atoms with Crippen LogP contribution in [0, 0.1) is 6.92 Å². The van der Waals surface area contributed by atoms with Crippen LogP contribution in [0.4, 0.5) is 0 Å². The van der Waals surface area contributed by atoms with Crippen LogP contribution >= 0.6 is 22.6 Å². The number of hydrogen-bond acceptors (Lipinski definition) is 1. The average Bonchev–Trinajstić information content (AvgIpc) is 2.29. The molecule has 0 N–H and O–H groups in total. The number of carbonyl (C=O) groups excluding carboxylic acids is 1. The summed E-state index contributed by atoms with van der Waals surface area (Å²) in [5, 5.41) is 0. The molecule has 1 unspecified atom stereocenters. The fourth-order valence-electron chi connectivity index (χ4n) is 1.75. The summed E-state index contributed by atoms with van der Waals surface area (Å²) in [6.45, 7) is 4.18. The SMILES string of the molecule is Cc1ccc(C(=O)C2=CCC(C)(I)C=C2)cc1. The zero-order chi connectivity index (χ0) is 12.5. The van der Waals surface area contributed by atoms with Gasteiger partial charge in [0.05, 0.1) is 0 Å². The first kappa shape index (κ1) is 12.6. The molecule has 0 amide bonds. The summed E-state index contributed by atoms with van der Waals surface area (Å²) in [7, 11) is 0. The number of ketones is 1. The van der Waals surface area contributed by atoms with E-state index in [1.54, 1.807) is 0 Å². The predicted octanol–water partition coefficient (Wildman–Crippen LogP) is 4.26. The molecule has 0 fully saturated rings. The lowest BCUT2D eigenvalue weighted by Gasteiger charge is -2.20. The molecule has 2 rings (SSSR count). The van der Waals surface area contributed by atoms with Crippen molar-refractivity contribution in [3.8, 4) is 0 Å². The van der Waals surface area contributed by atoms with Gasteiger partial charge in [-0.15, -0.1) is 0 Å². The van der Waals surface area contributed by atoms with Crippen molar-refractivity contribution in [1.29, 1.82) is 0 Å². The smallest absolute Gasteiger partial charge is 0.192 e. The Morgan fingerprint density at radius 2 is 1.94 bits per heavy atom. The topological polar surface area (TPSA) is 17.1 Å². The first-order valence-corrected chi connectivity index (χ1v) is 6.75. The monoisotopic (exact) mass is 338 g/mol. The summed E-state index contributed by atoms with van der Waals surface area (Å²) in [6.07, 6.45) is 7.00. The van der Waals surface area contributed by atoms with Crippen LogP contribution in [0.3, 0.4) is 0 Å². The van der Waals surface area contributed by atoms with Gasteiger partial charge in [0.1, 0.15) is 0 Å². The molecular weight excluding hydrogens is 323 g/mol. The van der Waals surface area contributed by atoms with Gasteiger partial charge in [0.2, 0.25) is 0 Å². The first-order valence-electron chi connectivity index (χ1n) is 5.68. The van der Waals surface area contributed by atoms with E-state index >= 15 is 0 Å². The molecule has 0 heterocycles. The van der Waals surface area contributed by atoms with Crippen LogP contribution in [0.25, 0.3) is 0 Å². The maximum Gasteiger partial charge on any atom is 0.192 e. The summed E-state index contributed by atoms with van der Waals surface area (Å²) < 4.78 is 0.148. The Morgan fingerprint density at radius 3 is 2.47 bits per heavy atom. The quantitative estimate of drug-likeness (QED) is 0.447. The number of allylic oxidation sites excluding steroid dienone is 4. The van der Waals surface area contributed by atoms with Gasteiger partial charge in [0, 0.05) is 14.6 Å². The Balaban J connectivity index is 2.20. The van der Waals surface area contributed by atoms with Gasteiger partial charge in [-0.1, -0.05) is 70.6 Å². The fraction of sp³-hybridized carbons (Fsp3) is 0.267. The van der Waals surface area contributed by atoms with E-state index in [2.05, 4.69) is 35.6 Å². The number of benzene rings is 1. The van der Waals surface area contributed by atoms with Crippen molar-refractivity contribution in [2.45, 2.75) is 23.7 Å². The maximum absolute atomic E-state index is 12.2. The standard InChI is InChI=1S/C15H15IO/c1-11-3-5-12(6-4-11)14(17)13-7-9-15(2,16)10-8-13/h3-9H,10H2,1-2H3. The predicted molar refractivity (Wildman–Crippen MR) is 79.8 cm³/mol. The number of aryl methyl sites for hydroxylation is 1. The number of alkyl halides is 1. The molecule has 1 nitrogen and oxygen atoms in total. The highest BCUT2D eigenvalue weighted by Gasteiger charge is 2.20. The van der Waals surface area contributed by atoms with Crippen molar-refractivity contribution in [2.75, 3.05) is 0 Å². The molecule has 0 aromatic heterocycles. The molecule has 0 aliphatic heterocycles. The molecule has 1 atom stereocenters. The van der Waals surface area contributed by atoms with E-state index < -0.39 is 0 Å². The maximum atomic E-state index is 12.2. The molecule has 17 heavy (non-hydrogen) atoms. The summed E-state index contributed by atoms with van der Waals surface area (Å²) >= 11 is 2.40. The lowest BCUT2D eigenvalue weighted by molar-refractivity contribution is 0.103. The normalized spacial score (nSPS) is 23.4. The summed E-state index contributed by atoms with van der Waals surface area (Å²) in [4.78, 5) is 12.2. The van der Waals surface area contributed by atoms with E-state index in [9.17, 15) is 4.79 Å². The van der Waals surface area contributed by atoms with E-state index in [4.69, 9.17) is 0 Å². The van der Waals surface area contributed by atoms with Crippen LogP contribution in [0.15, 0.2) is 48.1 Å². The first-order chi connectivity index (χ1) is 7.98. The minimum Gasteiger partial charge on any atom is -0.289 e. The molecule has 1 aromatic carbocycles. The van der Waals surface area contributed by atoms with Gasteiger partial charge < -0.3 is 0 Å². The van der Waals surface area contributed by atoms with E-state index in [1.165, 1.54) is 5.56 Å². The molecule has 88 valence electrons. The Labute approximate surface area is 116 Å². The molecule has 1 aliphatic rings. The summed E-state index contributed by atoms with van der Waals surface area (Å²) in [5.74, 6) is 0.119. The molecule has 2 heteroatoms. The third kappa shape index (κ3) is 3.06. The fourth-order valence-corrected chi connectivity index (χ4v) is 2.15. The number of carbonyl (C=O) groups is 1. The Bertz CT molecular complexity index is 492. The summed E-state index contributed by atoms with van der Waals surface area (Å²) in [5.41, 5.74) is 2.75. The third-order valence-corrected chi connectivity index (χ3v) is 3.71. The van der Waals surface area contributed by atoms with E-state index in [0.717, 1.165) is 17.6 Å². The second kappa shape index (κ2) is 4.77. The van der Waals surface area contributed by atoms with Crippen molar-refractivity contribution in [3.63, 3.8) is 0 Å². The minimum absolute atomic E-state index is 0.119. The van der Waals surface area contributed by atoms with Crippen molar-refractivity contribution in [2.24, 2.45) is 0 Å². The Kier molecular flexibility index (Phi) is 3.52. The average molecular weight is 338 g/mol. The van der Waals surface area contributed by atoms with E-state index in [1.807, 2.05) is 43.3 Å². The molecule has 0 bridgehead atoms. The molecular formula is C15H15IO. The third-order valence-electron chi connectivity index (χ3n) is 2.91. The largest absolute Gasteiger partial charge is 0.289 e. The van der Waals surface area contributed by atoms with Crippen LogP contribution in [-0.2, 0) is 0 Å². The molecule has 0 saturated heterocycles. The van der Waals surface area contributed by atoms with Crippen molar-refractivity contribution < 1.29 is 4.79 Å². The van der Waals surface area contributed by atoms with Crippen LogP contribution in [0.5, 0.6) is 0 Å². The van der Waals surface area contributed by atoms with Gasteiger partial charge >= 0.3 is 0 Å². The molecule has 1 aliphatic carbocycles. The van der Waals surface area contributed by atoms with E-state index in [0.29, 0.717) is 0 Å². The second-order valence-electron chi connectivity index (χ2n) is 4.67. The van der Waals surface area contributed by atoms with Gasteiger partial charge in [0.15, 0.2) is 5.78 Å². The lowest BCUT2D eigenvalue weighted by atomic mass is 9.93. The number of halogens is 1. The zero-order valence-corrected chi connectivity index (χ0v) is 12.2. The van der Waals surface area contributed by atoms with Crippen LogP contribution in [0.2, 0.25) is 0 Å². The number of Topliss-reactive ketones (excluding diaryl/α,β-unsaturated/α-hetero) is 1. The molecule has 0 saturated carbocycles. The van der Waals surface area contributed by atoms with Crippen molar-refractivity contribution in [1.82, 2.24) is 0 Å². The highest BCUT2D eigenvalue weighted by molar-refractivity contribution is 14.1. The van der Waals surface area contributed by atoms with E-state index in [-0.39, 0.29) is 9.20 Å². The molecule has 0 radical (unpaired) electrons. The lowest BCUT2D eigenvalue weighted by Crippen LogP contribution is -2.15. The molecule has 1 aromatic rings. The van der Waals surface area contributed by atoms with Gasteiger partial charge in [-0.3, -0.25) is 4.79 Å². The summed E-state index contributed by atoms with van der Waals surface area (Å²) in [6, 6.07) is 7.74. The van der Waals surface area contributed by atoms with Gasteiger partial charge in [-0.2, -0.15) is 0 Å². The molecule has 0 spiro atoms. The zero-order valence-electron chi connectivity index (χ0n) is 10.0. The van der Waals surface area contributed by atoms with Crippen LogP contribution in [0.1, 0.15) is 29.3 Å². The van der Waals surface area contributed by atoms with Crippen LogP contribution in [-0.4, -0.2) is 9.20 Å². The Hall–Kier alpha value is -0.900. The van der Waals surface area contributed by atoms with Crippen LogP contribution < -0.4 is 0 Å². The second-order valence-corrected chi connectivity index (χ2v) is 7.13.